The zero-order chi connectivity index (χ0) is 12.3. The van der Waals surface area contributed by atoms with Crippen LogP contribution in [-0.2, 0) is 6.42 Å². The average molecular weight is 263 g/mol. The largest absolute Gasteiger partial charge is 0.264 e. The first-order chi connectivity index (χ1) is 8.20. The molecule has 1 heterocycles. The maximum absolute atomic E-state index is 8.78. The van der Waals surface area contributed by atoms with Crippen LogP contribution in [0.1, 0.15) is 5.56 Å². The van der Waals surface area contributed by atoms with Crippen molar-refractivity contribution in [2.45, 2.75) is 6.42 Å². The molecule has 2 nitrogen and oxygen atoms in total. The summed E-state index contributed by atoms with van der Waals surface area (Å²) in [6.07, 6.45) is 3.72. The zero-order valence-electron chi connectivity index (χ0n) is 8.82. The molecule has 0 spiro atoms. The molecule has 0 amide bonds. The van der Waals surface area contributed by atoms with E-state index in [-0.39, 0.29) is 0 Å². The van der Waals surface area contributed by atoms with Crippen molar-refractivity contribution in [1.29, 1.82) is 5.26 Å². The van der Waals surface area contributed by atoms with Gasteiger partial charge in [-0.1, -0.05) is 23.2 Å². The average Bonchev–Trinajstić information content (AvgIpc) is 2.29. The summed E-state index contributed by atoms with van der Waals surface area (Å²) in [6.45, 7) is 0. The number of hydrogen-bond donors (Lipinski definition) is 0. The third-order valence-corrected chi connectivity index (χ3v) is 2.79. The number of halogens is 2. The molecule has 17 heavy (non-hydrogen) atoms. The number of rotatable bonds is 2. The van der Waals surface area contributed by atoms with Crippen molar-refractivity contribution < 1.29 is 0 Å². The summed E-state index contributed by atoms with van der Waals surface area (Å²) in [5, 5.41) is 9.92. The van der Waals surface area contributed by atoms with E-state index < -0.39 is 0 Å². The van der Waals surface area contributed by atoms with Crippen LogP contribution < -0.4 is 0 Å². The van der Waals surface area contributed by atoms with E-state index in [0.29, 0.717) is 16.5 Å². The van der Waals surface area contributed by atoms with Crippen molar-refractivity contribution in [3.8, 4) is 17.2 Å². The highest BCUT2D eigenvalue weighted by Gasteiger charge is 2.06. The predicted octanol–water partition coefficient (Wildman–Crippen LogP) is 4.12. The highest BCUT2D eigenvalue weighted by molar-refractivity contribution is 6.35. The van der Waals surface area contributed by atoms with Crippen LogP contribution in [-0.4, -0.2) is 4.98 Å². The second-order valence-corrected chi connectivity index (χ2v) is 4.40. The summed E-state index contributed by atoms with van der Waals surface area (Å²) >= 11 is 11.9. The highest BCUT2D eigenvalue weighted by atomic mass is 35.5. The van der Waals surface area contributed by atoms with Gasteiger partial charge in [-0.05, 0) is 35.4 Å². The van der Waals surface area contributed by atoms with E-state index >= 15 is 0 Å². The van der Waals surface area contributed by atoms with Crippen molar-refractivity contribution in [3.05, 3.63) is 52.3 Å². The Labute approximate surface area is 109 Å². The van der Waals surface area contributed by atoms with Gasteiger partial charge < -0.3 is 0 Å². The minimum Gasteiger partial charge on any atom is -0.264 e. The lowest BCUT2D eigenvalue weighted by Gasteiger charge is -2.07. The lowest BCUT2D eigenvalue weighted by Crippen LogP contribution is -1.90. The van der Waals surface area contributed by atoms with Crippen molar-refractivity contribution in [1.82, 2.24) is 4.98 Å². The molecule has 0 bridgehead atoms. The molecule has 2 rings (SSSR count). The minimum atomic E-state index is 0.335. The van der Waals surface area contributed by atoms with Crippen LogP contribution in [0.5, 0.6) is 0 Å². The Bertz CT molecular complexity index is 568. The van der Waals surface area contributed by atoms with Crippen molar-refractivity contribution in [2.24, 2.45) is 0 Å². The van der Waals surface area contributed by atoms with Gasteiger partial charge in [0.2, 0.25) is 0 Å². The maximum atomic E-state index is 8.78. The Kier molecular flexibility index (Phi) is 3.63. The van der Waals surface area contributed by atoms with E-state index in [1.54, 1.807) is 18.5 Å². The summed E-state index contributed by atoms with van der Waals surface area (Å²) in [5.41, 5.74) is 2.68. The first kappa shape index (κ1) is 11.9. The molecule has 2 aromatic rings. The molecule has 84 valence electrons. The number of benzene rings is 1. The molecule has 0 fully saturated rings. The standard InChI is InChI=1S/C13H8Cl2N2/c14-11-5-10(6-12(15)7-11)13-8-17-4-2-9(13)1-3-16/h2,4-8H,1H2. The van der Waals surface area contributed by atoms with Gasteiger partial charge in [-0.2, -0.15) is 5.26 Å². The van der Waals surface area contributed by atoms with Crippen molar-refractivity contribution >= 4 is 23.2 Å². The fraction of sp³-hybridized carbons (Fsp3) is 0.0769. The molecule has 0 atom stereocenters. The van der Waals surface area contributed by atoms with Crippen LogP contribution in [0.25, 0.3) is 11.1 Å². The zero-order valence-corrected chi connectivity index (χ0v) is 10.3. The molecule has 0 saturated heterocycles. The summed E-state index contributed by atoms with van der Waals surface area (Å²) < 4.78 is 0. The number of hydrogen-bond acceptors (Lipinski definition) is 2. The molecule has 0 N–H and O–H groups in total. The van der Waals surface area contributed by atoms with Gasteiger partial charge in [0.05, 0.1) is 12.5 Å². The molecule has 0 saturated carbocycles. The summed E-state index contributed by atoms with van der Waals surface area (Å²) in [5.74, 6) is 0. The molecule has 0 unspecified atom stereocenters. The van der Waals surface area contributed by atoms with Gasteiger partial charge in [-0.25, -0.2) is 0 Å². The van der Waals surface area contributed by atoms with Crippen LogP contribution >= 0.6 is 23.2 Å². The van der Waals surface area contributed by atoms with E-state index in [9.17, 15) is 0 Å². The number of pyridine rings is 1. The SMILES string of the molecule is N#CCc1ccncc1-c1cc(Cl)cc(Cl)c1. The first-order valence-electron chi connectivity index (χ1n) is 4.97. The van der Waals surface area contributed by atoms with Gasteiger partial charge in [-0.15, -0.1) is 0 Å². The maximum Gasteiger partial charge on any atom is 0.0669 e. The Hall–Kier alpha value is -1.56. The topological polar surface area (TPSA) is 36.7 Å². The normalized spacial score (nSPS) is 9.94. The van der Waals surface area contributed by atoms with E-state index in [1.807, 2.05) is 18.2 Å². The van der Waals surface area contributed by atoms with E-state index in [2.05, 4.69) is 11.1 Å². The van der Waals surface area contributed by atoms with Crippen LogP contribution in [0.2, 0.25) is 10.0 Å². The Balaban J connectivity index is 2.56. The monoisotopic (exact) mass is 262 g/mol. The van der Waals surface area contributed by atoms with Gasteiger partial charge in [-0.3, -0.25) is 4.98 Å². The quantitative estimate of drug-likeness (QED) is 0.817. The third-order valence-electron chi connectivity index (χ3n) is 2.35. The van der Waals surface area contributed by atoms with Crippen LogP contribution in [0, 0.1) is 11.3 Å². The smallest absolute Gasteiger partial charge is 0.0669 e. The van der Waals surface area contributed by atoms with Crippen LogP contribution in [0.15, 0.2) is 36.7 Å². The molecule has 4 heteroatoms. The van der Waals surface area contributed by atoms with E-state index in [0.717, 1.165) is 16.7 Å². The molecule has 0 radical (unpaired) electrons. The van der Waals surface area contributed by atoms with Gasteiger partial charge in [0, 0.05) is 28.0 Å². The lowest BCUT2D eigenvalue weighted by molar-refractivity contribution is 1.21. The van der Waals surface area contributed by atoms with E-state index in [4.69, 9.17) is 28.5 Å². The first-order valence-corrected chi connectivity index (χ1v) is 5.72. The van der Waals surface area contributed by atoms with Crippen molar-refractivity contribution in [2.75, 3.05) is 0 Å². The third kappa shape index (κ3) is 2.76. The molecule has 1 aromatic heterocycles. The molecule has 1 aromatic carbocycles. The molecule has 0 aliphatic rings. The fourth-order valence-electron chi connectivity index (χ4n) is 1.63. The second-order valence-electron chi connectivity index (χ2n) is 3.53. The molecular weight excluding hydrogens is 255 g/mol. The van der Waals surface area contributed by atoms with Crippen molar-refractivity contribution in [3.63, 3.8) is 0 Å². The summed E-state index contributed by atoms with van der Waals surface area (Å²) in [4.78, 5) is 4.07. The van der Waals surface area contributed by atoms with Gasteiger partial charge in [0.25, 0.3) is 0 Å². The van der Waals surface area contributed by atoms with Crippen LogP contribution in [0.4, 0.5) is 0 Å². The Morgan fingerprint density at radius 1 is 1.18 bits per heavy atom. The summed E-state index contributed by atoms with van der Waals surface area (Å²) in [7, 11) is 0. The summed E-state index contributed by atoms with van der Waals surface area (Å²) in [6, 6.07) is 9.25. The molecule has 0 aliphatic carbocycles. The number of nitrogens with zero attached hydrogens (tertiary/aromatic N) is 2. The molecule has 0 aliphatic heterocycles. The Morgan fingerprint density at radius 3 is 2.53 bits per heavy atom. The minimum absolute atomic E-state index is 0.335. The van der Waals surface area contributed by atoms with Crippen LogP contribution in [0.3, 0.4) is 0 Å². The van der Waals surface area contributed by atoms with Gasteiger partial charge in [0.1, 0.15) is 0 Å². The predicted molar refractivity (Wildman–Crippen MR) is 69.0 cm³/mol. The van der Waals surface area contributed by atoms with Gasteiger partial charge >= 0.3 is 0 Å². The lowest BCUT2D eigenvalue weighted by atomic mass is 10.0. The number of aromatic nitrogens is 1. The number of nitriles is 1. The highest BCUT2D eigenvalue weighted by Crippen LogP contribution is 2.29. The molecular formula is C13H8Cl2N2. The van der Waals surface area contributed by atoms with Gasteiger partial charge in [0.15, 0.2) is 0 Å². The fourth-order valence-corrected chi connectivity index (χ4v) is 2.16. The second kappa shape index (κ2) is 5.18. The van der Waals surface area contributed by atoms with E-state index in [1.165, 1.54) is 0 Å². The Morgan fingerprint density at radius 2 is 1.88 bits per heavy atom.